The summed E-state index contributed by atoms with van der Waals surface area (Å²) in [6.45, 7) is -0.131. The predicted molar refractivity (Wildman–Crippen MR) is 64.1 cm³/mol. The maximum atomic E-state index is 11.5. The number of amidine groups is 1. The molecule has 0 radical (unpaired) electrons. The summed E-state index contributed by atoms with van der Waals surface area (Å²) in [5.41, 5.74) is 0. The number of hydrogen-bond donors (Lipinski definition) is 2. The molecule has 0 saturated carbocycles. The van der Waals surface area contributed by atoms with Gasteiger partial charge in [-0.1, -0.05) is 12.2 Å². The van der Waals surface area contributed by atoms with E-state index >= 15 is 0 Å². The van der Waals surface area contributed by atoms with Crippen LogP contribution in [-0.2, 0) is 21.4 Å². The normalized spacial score (nSPS) is 15.0. The number of nitrogens with one attached hydrogen (secondary N) is 1. The number of primary sulfonamides is 1. The summed E-state index contributed by atoms with van der Waals surface area (Å²) < 4.78 is 29.0. The molecule has 0 saturated heterocycles. The second kappa shape index (κ2) is 4.19. The zero-order chi connectivity index (χ0) is 13.5. The number of fused-ring (bicyclic) bond motifs is 1. The van der Waals surface area contributed by atoms with Gasteiger partial charge in [0.15, 0.2) is 5.82 Å². The number of aromatic nitrogens is 2. The molecule has 2 heterocycles. The second-order valence-corrected chi connectivity index (χ2v) is 5.28. The molecule has 98 valence electrons. The number of H-pyrrole nitrogens is 1. The van der Waals surface area contributed by atoms with Gasteiger partial charge in [-0.05, 0) is 0 Å². The molecular weight excluding hydrogens is 282 g/mol. The summed E-state index contributed by atoms with van der Waals surface area (Å²) in [5.74, 6) is 0.268. The highest BCUT2D eigenvalue weighted by Gasteiger charge is 2.33. The molecule has 0 fully saturated rings. The van der Waals surface area contributed by atoms with E-state index in [-0.39, 0.29) is 12.5 Å². The molecule has 0 bridgehead atoms. The summed E-state index contributed by atoms with van der Waals surface area (Å²) in [4.78, 5) is 16.1. The average molecular weight is 291 g/mol. The van der Waals surface area contributed by atoms with E-state index in [2.05, 4.69) is 14.8 Å². The van der Waals surface area contributed by atoms with Crippen LogP contribution in [0.2, 0.25) is 0 Å². The molecule has 9 nitrogen and oxygen atoms in total. The van der Waals surface area contributed by atoms with Crippen LogP contribution in [0.3, 0.4) is 0 Å². The van der Waals surface area contributed by atoms with Crippen molar-refractivity contribution in [3.63, 3.8) is 0 Å². The number of carbonyl (C=O) groups excluding carboxylic acids is 1. The van der Waals surface area contributed by atoms with Crippen LogP contribution in [0.5, 0.6) is 0 Å². The Morgan fingerprint density at radius 1 is 1.67 bits per heavy atom. The molecule has 0 aromatic carbocycles. The molecule has 0 aliphatic carbocycles. The van der Waals surface area contributed by atoms with Gasteiger partial charge in [0.2, 0.25) is 0 Å². The highest BCUT2D eigenvalue weighted by atomic mass is 32.2. The number of sulfonamides is 1. The maximum Gasteiger partial charge on any atom is 0.417 e. The Morgan fingerprint density at radius 2 is 2.33 bits per heavy atom. The van der Waals surface area contributed by atoms with E-state index in [1.165, 1.54) is 10.7 Å². The molecule has 2 rings (SSSR count). The lowest BCUT2D eigenvalue weighted by atomic mass is 10.6. The van der Waals surface area contributed by atoms with Gasteiger partial charge in [-0.15, -0.1) is 0 Å². The van der Waals surface area contributed by atoms with Crippen molar-refractivity contribution in [1.82, 2.24) is 14.7 Å². The fourth-order valence-corrected chi connectivity index (χ4v) is 2.32. The van der Waals surface area contributed by atoms with Crippen LogP contribution in [0.25, 0.3) is 0 Å². The highest BCUT2D eigenvalue weighted by Crippen LogP contribution is 2.21. The van der Waals surface area contributed by atoms with Crippen molar-refractivity contribution in [3.05, 3.63) is 10.7 Å². The van der Waals surface area contributed by atoms with E-state index in [0.717, 1.165) is 12.0 Å². The molecule has 1 aliphatic heterocycles. The first-order chi connectivity index (χ1) is 8.32. The fourth-order valence-electron chi connectivity index (χ4n) is 1.44. The van der Waals surface area contributed by atoms with Crippen molar-refractivity contribution < 1.29 is 17.9 Å². The molecule has 1 amide bonds. The van der Waals surface area contributed by atoms with E-state index in [0.29, 0.717) is 4.64 Å². The third-order valence-electron chi connectivity index (χ3n) is 2.16. The van der Waals surface area contributed by atoms with Crippen LogP contribution in [0.15, 0.2) is 11.1 Å². The van der Waals surface area contributed by atoms with Crippen molar-refractivity contribution in [3.8, 4) is 0 Å². The van der Waals surface area contributed by atoms with Crippen molar-refractivity contribution >= 4 is 39.3 Å². The Bertz CT molecular complexity index is 685. The molecule has 1 aromatic heterocycles. The van der Waals surface area contributed by atoms with Gasteiger partial charge >= 0.3 is 6.09 Å². The highest BCUT2D eigenvalue weighted by molar-refractivity contribution is 8.04. The first kappa shape index (κ1) is 12.7. The van der Waals surface area contributed by atoms with E-state index < -0.39 is 21.3 Å². The summed E-state index contributed by atoms with van der Waals surface area (Å²) in [5, 5.41) is 7.14. The molecule has 3 N–H and O–H groups in total. The lowest BCUT2D eigenvalue weighted by Crippen LogP contribution is -2.46. The zero-order valence-electron chi connectivity index (χ0n) is 9.15. The number of ether oxygens (including phenoxy) is 1. The van der Waals surface area contributed by atoms with Crippen LogP contribution in [0.1, 0.15) is 0 Å². The van der Waals surface area contributed by atoms with Crippen molar-refractivity contribution in [2.45, 2.75) is 6.67 Å². The predicted octanol–water partition coefficient (Wildman–Crippen LogP) is -0.139. The first-order valence-electron chi connectivity index (χ1n) is 4.60. The van der Waals surface area contributed by atoms with Crippen LogP contribution in [0.4, 0.5) is 10.6 Å². The number of rotatable bonds is 0. The summed E-state index contributed by atoms with van der Waals surface area (Å²) in [6.07, 6.45) is -0.888. The number of amides is 1. The van der Waals surface area contributed by atoms with Crippen LogP contribution in [-0.4, -0.2) is 41.5 Å². The molecule has 0 unspecified atom stereocenters. The Kier molecular flexibility index (Phi) is 2.96. The van der Waals surface area contributed by atoms with Crippen LogP contribution >= 0.6 is 12.2 Å². The number of hydrogen-bond acceptors (Lipinski definition) is 6. The van der Waals surface area contributed by atoms with Gasteiger partial charge in [0.05, 0.1) is 7.11 Å². The molecule has 1 aromatic rings. The van der Waals surface area contributed by atoms with Crippen molar-refractivity contribution in [2.75, 3.05) is 7.11 Å². The van der Waals surface area contributed by atoms with Gasteiger partial charge in [-0.3, -0.25) is 5.10 Å². The Hall–Kier alpha value is -1.72. The number of aliphatic imine (C=N–C) groups is 1. The molecule has 0 spiro atoms. The van der Waals surface area contributed by atoms with Gasteiger partial charge in [0.25, 0.3) is 15.2 Å². The molecule has 1 aliphatic rings. The Balaban J connectivity index is 2.59. The van der Waals surface area contributed by atoms with E-state index in [4.69, 9.17) is 17.4 Å². The minimum absolute atomic E-state index is 0.131. The van der Waals surface area contributed by atoms with Crippen LogP contribution in [0, 0.1) is 4.64 Å². The summed E-state index contributed by atoms with van der Waals surface area (Å²) >= 11 is 4.88. The molecule has 11 heteroatoms. The second-order valence-electron chi connectivity index (χ2n) is 3.39. The van der Waals surface area contributed by atoms with E-state index in [1.54, 1.807) is 0 Å². The van der Waals surface area contributed by atoms with Gasteiger partial charge in [-0.2, -0.15) is 4.99 Å². The number of methoxy groups -OCH3 is 1. The van der Waals surface area contributed by atoms with Gasteiger partial charge in [0, 0.05) is 6.07 Å². The molecular formula is C7H9N5O4S2. The lowest BCUT2D eigenvalue weighted by Gasteiger charge is -2.25. The van der Waals surface area contributed by atoms with Crippen LogP contribution < -0.4 is 5.14 Å². The SMILES string of the molecule is COC(=O)N1Cn2[nH]c(=S)cc2N=C1S(N)(=O)=O. The van der Waals surface area contributed by atoms with Crippen molar-refractivity contribution in [2.24, 2.45) is 10.1 Å². The fraction of sp³-hybridized carbons (Fsp3) is 0.286. The average Bonchev–Trinajstić information content (AvgIpc) is 2.64. The Labute approximate surface area is 107 Å². The van der Waals surface area contributed by atoms with Gasteiger partial charge in [0.1, 0.15) is 11.3 Å². The number of aromatic amines is 1. The number of nitrogens with two attached hydrogens (primary N) is 1. The quantitative estimate of drug-likeness (QED) is 0.644. The smallest absolute Gasteiger partial charge is 0.417 e. The molecule has 0 atom stereocenters. The first-order valence-corrected chi connectivity index (χ1v) is 6.55. The summed E-state index contributed by atoms with van der Waals surface area (Å²) in [7, 11) is -3.03. The number of carbonyl (C=O) groups is 1. The third kappa shape index (κ3) is 2.14. The minimum atomic E-state index is -4.15. The number of nitrogens with zero attached hydrogens (tertiary/aromatic N) is 3. The zero-order valence-corrected chi connectivity index (χ0v) is 10.8. The van der Waals surface area contributed by atoms with E-state index in [1.807, 2.05) is 0 Å². The Morgan fingerprint density at radius 3 is 2.89 bits per heavy atom. The standard InChI is InChI=1S/C7H9N5O4S2/c1-16-7(13)11-3-12-4(2-5(17)10-12)9-6(11)18(8,14)15/h2H,3H2,1H3,(H,10,17)(H2,8,14,15). The van der Waals surface area contributed by atoms with Gasteiger partial charge < -0.3 is 4.74 Å². The van der Waals surface area contributed by atoms with Gasteiger partial charge in [-0.25, -0.2) is 27.9 Å². The summed E-state index contributed by atoms with van der Waals surface area (Å²) in [6, 6.07) is 1.45. The maximum absolute atomic E-state index is 11.5. The van der Waals surface area contributed by atoms with E-state index in [9.17, 15) is 13.2 Å². The largest absolute Gasteiger partial charge is 0.452 e. The topological polar surface area (TPSA) is 123 Å². The van der Waals surface area contributed by atoms with Crippen molar-refractivity contribution in [1.29, 1.82) is 0 Å². The molecule has 18 heavy (non-hydrogen) atoms. The lowest BCUT2D eigenvalue weighted by molar-refractivity contribution is 0.136. The third-order valence-corrected chi connectivity index (χ3v) is 3.19. The minimum Gasteiger partial charge on any atom is -0.452 e. The monoisotopic (exact) mass is 291 g/mol.